The molecule has 0 aliphatic carbocycles. The molecular weight excluding hydrogens is 374 g/mol. The van der Waals surface area contributed by atoms with E-state index in [0.29, 0.717) is 30.2 Å². The van der Waals surface area contributed by atoms with E-state index in [1.54, 1.807) is 7.05 Å². The quantitative estimate of drug-likeness (QED) is 0.624. The number of anilines is 1. The minimum Gasteiger partial charge on any atom is -0.369 e. The highest BCUT2D eigenvalue weighted by molar-refractivity contribution is 5.76. The second-order valence-electron chi connectivity index (χ2n) is 7.81. The molecule has 1 aliphatic heterocycles. The summed E-state index contributed by atoms with van der Waals surface area (Å²) in [6.07, 6.45) is 3.87. The van der Waals surface area contributed by atoms with Crippen LogP contribution < -0.4 is 27.2 Å². The van der Waals surface area contributed by atoms with Crippen molar-refractivity contribution >= 4 is 23.0 Å². The molecule has 1 saturated heterocycles. The van der Waals surface area contributed by atoms with Gasteiger partial charge in [0.15, 0.2) is 11.2 Å². The Morgan fingerprint density at radius 1 is 1.28 bits per heavy atom. The van der Waals surface area contributed by atoms with E-state index in [2.05, 4.69) is 10.2 Å². The standard InChI is InChI=1S/C19H29N7O3/c1-12(2)7-9-26-15-16(23(3)19(29)24(4)17(15)28)22-18(26)25-8-5-6-13(11-25)21-10-14(20)27/h7,13,21H,5-6,8-11H2,1-4H3,(H2,20,27). The lowest BCUT2D eigenvalue weighted by Gasteiger charge is -2.34. The number of fused-ring (bicyclic) bond motifs is 1. The Hall–Kier alpha value is -2.88. The predicted molar refractivity (Wildman–Crippen MR) is 112 cm³/mol. The largest absolute Gasteiger partial charge is 0.369 e. The maximum Gasteiger partial charge on any atom is 0.332 e. The average molecular weight is 403 g/mol. The Labute approximate surface area is 168 Å². The van der Waals surface area contributed by atoms with Gasteiger partial charge >= 0.3 is 5.69 Å². The number of aromatic nitrogens is 4. The zero-order valence-electron chi connectivity index (χ0n) is 17.4. The second-order valence-corrected chi connectivity index (χ2v) is 7.81. The molecule has 1 amide bonds. The minimum atomic E-state index is -0.402. The topological polar surface area (TPSA) is 120 Å². The molecule has 1 atom stereocenters. The van der Waals surface area contributed by atoms with E-state index >= 15 is 0 Å². The van der Waals surface area contributed by atoms with Crippen molar-refractivity contribution in [3.63, 3.8) is 0 Å². The molecule has 158 valence electrons. The van der Waals surface area contributed by atoms with Crippen LogP contribution in [0.5, 0.6) is 0 Å². The fraction of sp³-hybridized carbons (Fsp3) is 0.579. The third-order valence-electron chi connectivity index (χ3n) is 5.28. The van der Waals surface area contributed by atoms with Crippen LogP contribution in [0.2, 0.25) is 0 Å². The summed E-state index contributed by atoms with van der Waals surface area (Å²) in [5, 5.41) is 3.18. The molecule has 1 unspecified atom stereocenters. The van der Waals surface area contributed by atoms with Gasteiger partial charge < -0.3 is 20.5 Å². The number of nitrogens with zero attached hydrogens (tertiary/aromatic N) is 5. The predicted octanol–water partition coefficient (Wildman–Crippen LogP) is -0.556. The highest BCUT2D eigenvalue weighted by atomic mass is 16.2. The molecule has 2 aromatic rings. The smallest absolute Gasteiger partial charge is 0.332 e. The summed E-state index contributed by atoms with van der Waals surface area (Å²) >= 11 is 0. The van der Waals surface area contributed by atoms with Crippen LogP contribution in [-0.4, -0.2) is 50.3 Å². The van der Waals surface area contributed by atoms with E-state index in [1.807, 2.05) is 24.5 Å². The number of carbonyl (C=O) groups excluding carboxylic acids is 1. The number of nitrogens with two attached hydrogens (primary N) is 1. The van der Waals surface area contributed by atoms with E-state index in [-0.39, 0.29) is 18.1 Å². The first-order valence-corrected chi connectivity index (χ1v) is 9.77. The SMILES string of the molecule is CC(C)=CCn1c(N2CCCC(NCC(N)=O)C2)nc2c1c(=O)n(C)c(=O)n2C. The van der Waals surface area contributed by atoms with Gasteiger partial charge in [0.05, 0.1) is 6.54 Å². The third-order valence-corrected chi connectivity index (χ3v) is 5.28. The first kappa shape index (κ1) is 20.8. The monoisotopic (exact) mass is 403 g/mol. The maximum absolute atomic E-state index is 12.9. The maximum atomic E-state index is 12.9. The summed E-state index contributed by atoms with van der Waals surface area (Å²) in [5.74, 6) is 0.262. The average Bonchev–Trinajstić information content (AvgIpc) is 3.07. The molecular formula is C19H29N7O3. The molecule has 29 heavy (non-hydrogen) atoms. The van der Waals surface area contributed by atoms with Crippen molar-refractivity contribution in [1.29, 1.82) is 0 Å². The van der Waals surface area contributed by atoms with Gasteiger partial charge in [-0.2, -0.15) is 4.98 Å². The summed E-state index contributed by atoms with van der Waals surface area (Å²) in [6, 6.07) is 0.0969. The first-order chi connectivity index (χ1) is 13.7. The number of carbonyl (C=O) groups is 1. The van der Waals surface area contributed by atoms with Gasteiger partial charge in [-0.25, -0.2) is 4.79 Å². The Bertz CT molecular complexity index is 1070. The van der Waals surface area contributed by atoms with Crippen LogP contribution in [0, 0.1) is 0 Å². The van der Waals surface area contributed by atoms with Crippen LogP contribution in [0.15, 0.2) is 21.2 Å². The minimum absolute atomic E-state index is 0.0969. The number of amides is 1. The number of piperidine rings is 1. The van der Waals surface area contributed by atoms with Crippen LogP contribution in [0.1, 0.15) is 26.7 Å². The number of allylic oxidation sites excluding steroid dienone is 2. The van der Waals surface area contributed by atoms with Gasteiger partial charge in [0.1, 0.15) is 0 Å². The Morgan fingerprint density at radius 3 is 2.66 bits per heavy atom. The molecule has 1 fully saturated rings. The number of rotatable bonds is 6. The molecule has 1 aliphatic rings. The number of nitrogens with one attached hydrogen (secondary N) is 1. The molecule has 10 nitrogen and oxygen atoms in total. The number of imidazole rings is 1. The van der Waals surface area contributed by atoms with Crippen molar-refractivity contribution in [2.24, 2.45) is 19.8 Å². The molecule has 3 N–H and O–H groups in total. The normalized spacial score (nSPS) is 17.0. The number of aryl methyl sites for hydroxylation is 1. The Kier molecular flexibility index (Phi) is 5.92. The van der Waals surface area contributed by atoms with Gasteiger partial charge in [-0.15, -0.1) is 0 Å². The molecule has 2 aromatic heterocycles. The molecule has 3 rings (SSSR count). The van der Waals surface area contributed by atoms with Gasteiger partial charge in [0.2, 0.25) is 11.9 Å². The van der Waals surface area contributed by atoms with Crippen molar-refractivity contribution in [2.45, 2.75) is 39.3 Å². The van der Waals surface area contributed by atoms with E-state index in [4.69, 9.17) is 10.7 Å². The van der Waals surface area contributed by atoms with E-state index in [1.165, 1.54) is 11.6 Å². The fourth-order valence-corrected chi connectivity index (χ4v) is 3.69. The Morgan fingerprint density at radius 2 is 2.00 bits per heavy atom. The molecule has 0 spiro atoms. The summed E-state index contributed by atoms with van der Waals surface area (Å²) in [5.41, 5.74) is 6.41. The fourth-order valence-electron chi connectivity index (χ4n) is 3.69. The molecule has 0 aromatic carbocycles. The summed E-state index contributed by atoms with van der Waals surface area (Å²) in [6.45, 7) is 6.02. The molecule has 0 saturated carbocycles. The van der Waals surface area contributed by atoms with Crippen LogP contribution in [-0.2, 0) is 25.4 Å². The Balaban J connectivity index is 2.10. The lowest BCUT2D eigenvalue weighted by atomic mass is 10.1. The van der Waals surface area contributed by atoms with Crippen molar-refractivity contribution in [1.82, 2.24) is 24.0 Å². The molecule has 10 heteroatoms. The third kappa shape index (κ3) is 4.12. The first-order valence-electron chi connectivity index (χ1n) is 9.77. The summed E-state index contributed by atoms with van der Waals surface area (Å²) < 4.78 is 4.40. The van der Waals surface area contributed by atoms with Crippen LogP contribution in [0.25, 0.3) is 11.2 Å². The van der Waals surface area contributed by atoms with Gasteiger partial charge in [-0.1, -0.05) is 11.6 Å². The van der Waals surface area contributed by atoms with Crippen LogP contribution in [0.3, 0.4) is 0 Å². The van der Waals surface area contributed by atoms with E-state index in [0.717, 1.165) is 29.5 Å². The number of hydrogen-bond donors (Lipinski definition) is 2. The number of hydrogen-bond acceptors (Lipinski definition) is 6. The van der Waals surface area contributed by atoms with Gasteiger partial charge in [-0.05, 0) is 26.7 Å². The van der Waals surface area contributed by atoms with Crippen LogP contribution in [0.4, 0.5) is 5.95 Å². The zero-order chi connectivity index (χ0) is 21.3. The van der Waals surface area contributed by atoms with Gasteiger partial charge in [0, 0.05) is 39.8 Å². The lowest BCUT2D eigenvalue weighted by Crippen LogP contribution is -2.48. The van der Waals surface area contributed by atoms with Gasteiger partial charge in [0.25, 0.3) is 5.56 Å². The van der Waals surface area contributed by atoms with Crippen molar-refractivity contribution in [3.8, 4) is 0 Å². The second kappa shape index (κ2) is 8.24. The highest BCUT2D eigenvalue weighted by Crippen LogP contribution is 2.23. The molecule has 3 heterocycles. The summed E-state index contributed by atoms with van der Waals surface area (Å²) in [7, 11) is 3.10. The zero-order valence-corrected chi connectivity index (χ0v) is 17.4. The van der Waals surface area contributed by atoms with E-state index < -0.39 is 11.6 Å². The van der Waals surface area contributed by atoms with Crippen molar-refractivity contribution < 1.29 is 4.79 Å². The van der Waals surface area contributed by atoms with Crippen molar-refractivity contribution in [3.05, 3.63) is 32.5 Å². The highest BCUT2D eigenvalue weighted by Gasteiger charge is 2.26. The van der Waals surface area contributed by atoms with Gasteiger partial charge in [-0.3, -0.25) is 18.7 Å². The lowest BCUT2D eigenvalue weighted by molar-refractivity contribution is -0.117. The van der Waals surface area contributed by atoms with Crippen LogP contribution >= 0.6 is 0 Å². The number of primary amides is 1. The summed E-state index contributed by atoms with van der Waals surface area (Å²) in [4.78, 5) is 43.2. The van der Waals surface area contributed by atoms with E-state index in [9.17, 15) is 14.4 Å². The molecule has 0 bridgehead atoms. The van der Waals surface area contributed by atoms with Crippen molar-refractivity contribution in [2.75, 3.05) is 24.5 Å². The molecule has 0 radical (unpaired) electrons.